The van der Waals surface area contributed by atoms with Crippen molar-refractivity contribution in [3.63, 3.8) is 0 Å². The summed E-state index contributed by atoms with van der Waals surface area (Å²) in [7, 11) is 0. The van der Waals surface area contributed by atoms with E-state index in [1.54, 1.807) is 6.07 Å². The van der Waals surface area contributed by atoms with Gasteiger partial charge in [-0.2, -0.15) is 0 Å². The molecule has 2 atom stereocenters. The number of aliphatic hydroxyl groups excluding tert-OH is 1. The molecule has 1 fully saturated rings. The summed E-state index contributed by atoms with van der Waals surface area (Å²) in [5.41, 5.74) is 2.36. The first kappa shape index (κ1) is 14.3. The number of aromatic nitrogens is 1. The molecule has 5 nitrogen and oxygen atoms in total. The van der Waals surface area contributed by atoms with Gasteiger partial charge >= 0.3 is 5.97 Å². The summed E-state index contributed by atoms with van der Waals surface area (Å²) >= 11 is 0. The number of fused-ring (bicyclic) bond motifs is 1. The number of aromatic carboxylic acids is 1. The van der Waals surface area contributed by atoms with Gasteiger partial charge in [-0.15, -0.1) is 0 Å². The molecule has 114 valence electrons. The molecule has 0 aliphatic heterocycles. The predicted octanol–water partition coefficient (Wildman–Crippen LogP) is 2.23. The van der Waals surface area contributed by atoms with Gasteiger partial charge in [0.1, 0.15) is 11.4 Å². The fraction of sp³-hybridized carbons (Fsp3) is 0.625. The Morgan fingerprint density at radius 1 is 1.29 bits per heavy atom. The molecule has 0 spiro atoms. The van der Waals surface area contributed by atoms with Crippen molar-refractivity contribution < 1.29 is 15.0 Å². The van der Waals surface area contributed by atoms with Crippen molar-refractivity contribution >= 4 is 11.8 Å². The first-order valence-corrected chi connectivity index (χ1v) is 7.83. The molecule has 0 radical (unpaired) electrons. The minimum atomic E-state index is -0.939. The van der Waals surface area contributed by atoms with Crippen LogP contribution >= 0.6 is 0 Å². The number of carboxylic acid groups (broad SMARTS) is 1. The molecular formula is C16H22N2O3. The highest BCUT2D eigenvalue weighted by atomic mass is 16.4. The number of carboxylic acids is 1. The summed E-state index contributed by atoms with van der Waals surface area (Å²) in [6.07, 6.45) is 6.67. The van der Waals surface area contributed by atoms with E-state index in [0.717, 1.165) is 56.2 Å². The van der Waals surface area contributed by atoms with E-state index < -0.39 is 5.97 Å². The quantitative estimate of drug-likeness (QED) is 0.792. The van der Waals surface area contributed by atoms with Crippen molar-refractivity contribution in [1.82, 2.24) is 4.98 Å². The number of carbonyl (C=O) groups is 1. The minimum absolute atomic E-state index is 0.199. The van der Waals surface area contributed by atoms with Crippen molar-refractivity contribution in [2.45, 2.75) is 51.0 Å². The third-order valence-electron chi connectivity index (χ3n) is 4.68. The molecule has 0 saturated heterocycles. The molecule has 21 heavy (non-hydrogen) atoms. The Morgan fingerprint density at radius 2 is 2.10 bits per heavy atom. The highest BCUT2D eigenvalue weighted by Crippen LogP contribution is 2.28. The number of anilines is 1. The van der Waals surface area contributed by atoms with Crippen LogP contribution in [0.2, 0.25) is 0 Å². The number of hydrogen-bond acceptors (Lipinski definition) is 4. The summed E-state index contributed by atoms with van der Waals surface area (Å²) < 4.78 is 0. The molecule has 2 aliphatic rings. The van der Waals surface area contributed by atoms with Crippen LogP contribution in [0, 0.1) is 5.92 Å². The van der Waals surface area contributed by atoms with E-state index in [0.29, 0.717) is 12.4 Å². The second-order valence-corrected chi connectivity index (χ2v) is 6.14. The monoisotopic (exact) mass is 290 g/mol. The smallest absolute Gasteiger partial charge is 0.339 e. The standard InChI is InChI=1S/C16H22N2O3/c19-14-7-3-5-11(14)9-17-15-12(16(20)21)8-10-4-1-2-6-13(10)18-15/h8,11,14,19H,1-7,9H2,(H,17,18)(H,20,21). The summed E-state index contributed by atoms with van der Waals surface area (Å²) in [6.45, 7) is 0.591. The first-order chi connectivity index (χ1) is 10.1. The van der Waals surface area contributed by atoms with E-state index in [-0.39, 0.29) is 17.6 Å². The van der Waals surface area contributed by atoms with E-state index in [4.69, 9.17) is 0 Å². The van der Waals surface area contributed by atoms with Crippen LogP contribution in [0.4, 0.5) is 5.82 Å². The lowest BCUT2D eigenvalue weighted by molar-refractivity contribution is 0.0697. The van der Waals surface area contributed by atoms with E-state index in [2.05, 4.69) is 10.3 Å². The van der Waals surface area contributed by atoms with Gasteiger partial charge in [0.2, 0.25) is 0 Å². The molecule has 3 N–H and O–H groups in total. The van der Waals surface area contributed by atoms with Crippen molar-refractivity contribution in [3.05, 3.63) is 22.9 Å². The molecule has 2 unspecified atom stereocenters. The number of rotatable bonds is 4. The Bertz CT molecular complexity index is 545. The normalized spacial score (nSPS) is 24.6. The van der Waals surface area contributed by atoms with Crippen molar-refractivity contribution in [3.8, 4) is 0 Å². The molecule has 0 amide bonds. The highest BCUT2D eigenvalue weighted by molar-refractivity contribution is 5.93. The van der Waals surface area contributed by atoms with Gasteiger partial charge in [-0.3, -0.25) is 0 Å². The Balaban J connectivity index is 1.80. The molecule has 1 aromatic rings. The second kappa shape index (κ2) is 6.02. The van der Waals surface area contributed by atoms with Crippen molar-refractivity contribution in [2.75, 3.05) is 11.9 Å². The van der Waals surface area contributed by atoms with Gasteiger partial charge < -0.3 is 15.5 Å². The van der Waals surface area contributed by atoms with Gasteiger partial charge in [-0.1, -0.05) is 6.42 Å². The molecule has 2 aliphatic carbocycles. The molecule has 1 aromatic heterocycles. The van der Waals surface area contributed by atoms with Crippen LogP contribution < -0.4 is 5.32 Å². The maximum Gasteiger partial charge on any atom is 0.339 e. The number of aryl methyl sites for hydroxylation is 2. The molecule has 0 bridgehead atoms. The zero-order valence-corrected chi connectivity index (χ0v) is 12.1. The summed E-state index contributed by atoms with van der Waals surface area (Å²) in [4.78, 5) is 16.0. The predicted molar refractivity (Wildman–Crippen MR) is 79.7 cm³/mol. The maximum atomic E-state index is 11.4. The third kappa shape index (κ3) is 3.02. The Labute approximate surface area is 124 Å². The van der Waals surface area contributed by atoms with Crippen LogP contribution in [-0.2, 0) is 12.8 Å². The largest absolute Gasteiger partial charge is 0.478 e. The van der Waals surface area contributed by atoms with Crippen LogP contribution in [0.1, 0.15) is 53.7 Å². The fourth-order valence-corrected chi connectivity index (χ4v) is 3.41. The lowest BCUT2D eigenvalue weighted by Crippen LogP contribution is -2.24. The zero-order chi connectivity index (χ0) is 14.8. The third-order valence-corrected chi connectivity index (χ3v) is 4.68. The van der Waals surface area contributed by atoms with Gasteiger partial charge in [-0.05, 0) is 50.2 Å². The SMILES string of the molecule is O=C(O)c1cc2c(nc1NCC1CCCC1O)CCCC2. The molecule has 5 heteroatoms. The van der Waals surface area contributed by atoms with Crippen LogP contribution in [0.3, 0.4) is 0 Å². The van der Waals surface area contributed by atoms with Crippen LogP contribution in [-0.4, -0.2) is 33.8 Å². The molecule has 1 heterocycles. The summed E-state index contributed by atoms with van der Waals surface area (Å²) in [5, 5.41) is 22.4. The molecule has 0 aromatic carbocycles. The highest BCUT2D eigenvalue weighted by Gasteiger charge is 2.26. The number of hydrogen-bond donors (Lipinski definition) is 3. The molecular weight excluding hydrogens is 268 g/mol. The number of nitrogens with zero attached hydrogens (tertiary/aromatic N) is 1. The number of nitrogens with one attached hydrogen (secondary N) is 1. The number of aliphatic hydroxyl groups is 1. The molecule has 3 rings (SSSR count). The Hall–Kier alpha value is -1.62. The van der Waals surface area contributed by atoms with Crippen LogP contribution in [0.5, 0.6) is 0 Å². The van der Waals surface area contributed by atoms with E-state index >= 15 is 0 Å². The summed E-state index contributed by atoms with van der Waals surface area (Å²) in [6, 6.07) is 1.78. The Morgan fingerprint density at radius 3 is 2.81 bits per heavy atom. The lowest BCUT2D eigenvalue weighted by atomic mass is 9.94. The van der Waals surface area contributed by atoms with Gasteiger partial charge in [0.05, 0.1) is 6.10 Å². The summed E-state index contributed by atoms with van der Waals surface area (Å²) in [5.74, 6) is -0.280. The topological polar surface area (TPSA) is 82.5 Å². The van der Waals surface area contributed by atoms with Crippen molar-refractivity contribution in [2.24, 2.45) is 5.92 Å². The zero-order valence-electron chi connectivity index (χ0n) is 12.1. The number of pyridine rings is 1. The van der Waals surface area contributed by atoms with E-state index in [1.807, 2.05) is 0 Å². The first-order valence-electron chi connectivity index (χ1n) is 7.83. The van der Waals surface area contributed by atoms with Crippen molar-refractivity contribution in [1.29, 1.82) is 0 Å². The minimum Gasteiger partial charge on any atom is -0.478 e. The average molecular weight is 290 g/mol. The van der Waals surface area contributed by atoms with Gasteiger partial charge in [0.15, 0.2) is 0 Å². The van der Waals surface area contributed by atoms with E-state index in [9.17, 15) is 15.0 Å². The van der Waals surface area contributed by atoms with Gasteiger partial charge in [0.25, 0.3) is 0 Å². The Kier molecular flexibility index (Phi) is 4.10. The lowest BCUT2D eigenvalue weighted by Gasteiger charge is -2.20. The molecule has 1 saturated carbocycles. The van der Waals surface area contributed by atoms with Gasteiger partial charge in [0, 0.05) is 18.2 Å². The fourth-order valence-electron chi connectivity index (χ4n) is 3.41. The maximum absolute atomic E-state index is 11.4. The average Bonchev–Trinajstić information content (AvgIpc) is 2.89. The van der Waals surface area contributed by atoms with Crippen LogP contribution in [0.15, 0.2) is 6.07 Å². The second-order valence-electron chi connectivity index (χ2n) is 6.14. The van der Waals surface area contributed by atoms with E-state index in [1.165, 1.54) is 0 Å². The van der Waals surface area contributed by atoms with Crippen LogP contribution in [0.25, 0.3) is 0 Å². The van der Waals surface area contributed by atoms with Gasteiger partial charge in [-0.25, -0.2) is 9.78 Å².